The van der Waals surface area contributed by atoms with Gasteiger partial charge < -0.3 is 10.5 Å². The molecule has 0 aromatic heterocycles. The summed E-state index contributed by atoms with van der Waals surface area (Å²) in [7, 11) is 0. The van der Waals surface area contributed by atoms with Crippen molar-refractivity contribution in [2.75, 3.05) is 6.54 Å². The fourth-order valence-electron chi connectivity index (χ4n) is 1.51. The molecule has 0 radical (unpaired) electrons. The van der Waals surface area contributed by atoms with Crippen molar-refractivity contribution in [2.45, 2.75) is 32.2 Å². The number of hydrogen-bond donors (Lipinski definition) is 1. The molecule has 1 unspecified atom stereocenters. The smallest absolute Gasteiger partial charge is 0.370 e. The van der Waals surface area contributed by atoms with E-state index in [1.54, 1.807) is 6.07 Å². The predicted octanol–water partition coefficient (Wildman–Crippen LogP) is 3.13. The molecule has 0 bridgehead atoms. The number of nitrogens with two attached hydrogens (primary N) is 1. The van der Waals surface area contributed by atoms with Crippen molar-refractivity contribution in [3.63, 3.8) is 0 Å². The minimum Gasteiger partial charge on any atom is -0.370 e. The van der Waals surface area contributed by atoms with Crippen molar-refractivity contribution in [1.82, 2.24) is 0 Å². The van der Waals surface area contributed by atoms with Gasteiger partial charge in [0.05, 0.1) is 17.8 Å². The van der Waals surface area contributed by atoms with Gasteiger partial charge in [-0.3, -0.25) is 0 Å². The number of hydrogen-bond acceptors (Lipinski definition) is 2. The maximum absolute atomic E-state index is 12.5. The third-order valence-electron chi connectivity index (χ3n) is 2.24. The van der Waals surface area contributed by atoms with Gasteiger partial charge in [0.15, 0.2) is 0 Å². The summed E-state index contributed by atoms with van der Waals surface area (Å²) in [5, 5.41) is 0. The Morgan fingerprint density at radius 2 is 1.94 bits per heavy atom. The van der Waals surface area contributed by atoms with E-state index in [2.05, 4.69) is 0 Å². The fourth-order valence-corrected chi connectivity index (χ4v) is 1.51. The van der Waals surface area contributed by atoms with Crippen molar-refractivity contribution < 1.29 is 17.9 Å². The van der Waals surface area contributed by atoms with E-state index in [1.165, 1.54) is 6.07 Å². The van der Waals surface area contributed by atoms with E-state index in [0.717, 1.165) is 12.1 Å². The second-order valence-electron chi connectivity index (χ2n) is 4.03. The van der Waals surface area contributed by atoms with Crippen molar-refractivity contribution in [1.29, 1.82) is 0 Å². The lowest BCUT2D eigenvalue weighted by Crippen LogP contribution is -2.20. The summed E-state index contributed by atoms with van der Waals surface area (Å²) in [6, 6.07) is 5.08. The molecule has 0 heterocycles. The Labute approximate surface area is 98.6 Å². The summed E-state index contributed by atoms with van der Waals surface area (Å²) in [6.07, 6.45) is -4.93. The third-order valence-corrected chi connectivity index (χ3v) is 2.24. The van der Waals surface area contributed by atoms with Gasteiger partial charge in [0.2, 0.25) is 0 Å². The molecule has 0 amide bonds. The highest BCUT2D eigenvalue weighted by molar-refractivity contribution is 5.27. The highest BCUT2D eigenvalue weighted by Gasteiger charge is 2.31. The molecule has 0 saturated heterocycles. The van der Waals surface area contributed by atoms with Gasteiger partial charge in [-0.25, -0.2) is 0 Å². The van der Waals surface area contributed by atoms with Crippen LogP contribution in [0.15, 0.2) is 24.3 Å². The number of ether oxygens (including phenoxy) is 1. The van der Waals surface area contributed by atoms with E-state index in [-0.39, 0.29) is 12.6 Å². The highest BCUT2D eigenvalue weighted by atomic mass is 19.4. The Morgan fingerprint density at radius 1 is 1.29 bits per heavy atom. The molecule has 2 nitrogen and oxygen atoms in total. The summed E-state index contributed by atoms with van der Waals surface area (Å²) in [4.78, 5) is 0. The largest absolute Gasteiger partial charge is 0.416 e. The van der Waals surface area contributed by atoms with E-state index in [0.29, 0.717) is 5.56 Å². The van der Waals surface area contributed by atoms with Gasteiger partial charge >= 0.3 is 6.18 Å². The van der Waals surface area contributed by atoms with Crippen molar-refractivity contribution in [2.24, 2.45) is 5.73 Å². The molecule has 0 saturated carbocycles. The van der Waals surface area contributed by atoms with Crippen molar-refractivity contribution in [3.8, 4) is 0 Å². The van der Waals surface area contributed by atoms with Gasteiger partial charge in [0, 0.05) is 6.54 Å². The van der Waals surface area contributed by atoms with E-state index in [9.17, 15) is 13.2 Å². The number of halogens is 3. The number of alkyl halides is 3. The zero-order chi connectivity index (χ0) is 13.1. The lowest BCUT2D eigenvalue weighted by Gasteiger charge is -2.20. The molecule has 1 aromatic rings. The summed E-state index contributed by atoms with van der Waals surface area (Å²) in [6.45, 7) is 3.78. The zero-order valence-electron chi connectivity index (χ0n) is 9.79. The first kappa shape index (κ1) is 14.0. The predicted molar refractivity (Wildman–Crippen MR) is 59.5 cm³/mol. The Kier molecular flexibility index (Phi) is 4.54. The van der Waals surface area contributed by atoms with E-state index < -0.39 is 17.8 Å². The van der Waals surface area contributed by atoms with Crippen molar-refractivity contribution >= 4 is 0 Å². The molecular weight excluding hydrogens is 231 g/mol. The van der Waals surface area contributed by atoms with Gasteiger partial charge in [-0.05, 0) is 31.5 Å². The van der Waals surface area contributed by atoms with Crippen LogP contribution in [0.1, 0.15) is 31.1 Å². The lowest BCUT2D eigenvalue weighted by atomic mass is 10.1. The molecule has 0 spiro atoms. The van der Waals surface area contributed by atoms with Gasteiger partial charge in [0.25, 0.3) is 0 Å². The fraction of sp³-hybridized carbons (Fsp3) is 0.500. The topological polar surface area (TPSA) is 35.2 Å². The average molecular weight is 247 g/mol. The van der Waals surface area contributed by atoms with Gasteiger partial charge in [-0.1, -0.05) is 12.1 Å². The molecule has 0 aliphatic carbocycles. The third kappa shape index (κ3) is 4.02. The van der Waals surface area contributed by atoms with Crippen LogP contribution in [0.25, 0.3) is 0 Å². The Bertz CT molecular complexity index is 363. The molecule has 0 fully saturated rings. The van der Waals surface area contributed by atoms with Crippen LogP contribution < -0.4 is 5.73 Å². The standard InChI is InChI=1S/C12H16F3NO/c1-8(2)17-11(7-16)9-4-3-5-10(6-9)12(13,14)15/h3-6,8,11H,7,16H2,1-2H3. The first-order chi connectivity index (χ1) is 7.84. The summed E-state index contributed by atoms with van der Waals surface area (Å²) >= 11 is 0. The second kappa shape index (κ2) is 5.51. The van der Waals surface area contributed by atoms with Crippen LogP contribution in [-0.4, -0.2) is 12.6 Å². The molecule has 0 aliphatic heterocycles. The van der Waals surface area contributed by atoms with Crippen LogP contribution in [0, 0.1) is 0 Å². The Hall–Kier alpha value is -1.07. The maximum atomic E-state index is 12.5. The summed E-state index contributed by atoms with van der Waals surface area (Å²) in [5.41, 5.74) is 5.28. The lowest BCUT2D eigenvalue weighted by molar-refractivity contribution is -0.137. The minimum absolute atomic E-state index is 0.0851. The molecule has 17 heavy (non-hydrogen) atoms. The quantitative estimate of drug-likeness (QED) is 0.887. The number of benzene rings is 1. The minimum atomic E-state index is -4.34. The van der Waals surface area contributed by atoms with Gasteiger partial charge in [-0.2, -0.15) is 13.2 Å². The Morgan fingerprint density at radius 3 is 2.41 bits per heavy atom. The summed E-state index contributed by atoms with van der Waals surface area (Å²) < 4.78 is 43.0. The molecule has 0 aliphatic rings. The maximum Gasteiger partial charge on any atom is 0.416 e. The molecule has 1 aromatic carbocycles. The SMILES string of the molecule is CC(C)OC(CN)c1cccc(C(F)(F)F)c1. The number of rotatable bonds is 4. The van der Waals surface area contributed by atoms with E-state index in [4.69, 9.17) is 10.5 Å². The van der Waals surface area contributed by atoms with Crippen LogP contribution in [-0.2, 0) is 10.9 Å². The highest BCUT2D eigenvalue weighted by Crippen LogP contribution is 2.31. The van der Waals surface area contributed by atoms with Crippen LogP contribution in [0.5, 0.6) is 0 Å². The van der Waals surface area contributed by atoms with Crippen LogP contribution in [0.3, 0.4) is 0 Å². The molecule has 1 atom stereocenters. The molecule has 1 rings (SSSR count). The molecule has 96 valence electrons. The zero-order valence-corrected chi connectivity index (χ0v) is 9.79. The first-order valence-electron chi connectivity index (χ1n) is 5.37. The van der Waals surface area contributed by atoms with Gasteiger partial charge in [-0.15, -0.1) is 0 Å². The first-order valence-corrected chi connectivity index (χ1v) is 5.37. The molecule has 5 heteroatoms. The average Bonchev–Trinajstić information content (AvgIpc) is 2.24. The van der Waals surface area contributed by atoms with Crippen molar-refractivity contribution in [3.05, 3.63) is 35.4 Å². The van der Waals surface area contributed by atoms with E-state index in [1.807, 2.05) is 13.8 Å². The van der Waals surface area contributed by atoms with E-state index >= 15 is 0 Å². The van der Waals surface area contributed by atoms with Crippen LogP contribution in [0.4, 0.5) is 13.2 Å². The monoisotopic (exact) mass is 247 g/mol. The molecular formula is C12H16F3NO. The summed E-state index contributed by atoms with van der Waals surface area (Å²) in [5.74, 6) is 0. The Balaban J connectivity index is 2.97. The second-order valence-corrected chi connectivity index (χ2v) is 4.03. The van der Waals surface area contributed by atoms with Crippen LogP contribution >= 0.6 is 0 Å². The van der Waals surface area contributed by atoms with Gasteiger partial charge in [0.1, 0.15) is 0 Å². The normalized spacial score (nSPS) is 14.1. The van der Waals surface area contributed by atoms with Crippen LogP contribution in [0.2, 0.25) is 0 Å². The molecule has 2 N–H and O–H groups in total.